The van der Waals surface area contributed by atoms with Gasteiger partial charge in [0.2, 0.25) is 0 Å². The van der Waals surface area contributed by atoms with Gasteiger partial charge in [0.1, 0.15) is 5.78 Å². The number of Topliss-reactive ketones (excluding diaryl/α,β-unsaturated/α-hetero) is 1. The van der Waals surface area contributed by atoms with Gasteiger partial charge >= 0.3 is 0 Å². The standard InChI is InChI=1S/C13H16OS/c1-10-7-8-12(9-13(10)14)15-11-5-3-2-4-6-11/h2-6,10,12H,7-9H2,1H3/t10-,12+/m1/s1. The summed E-state index contributed by atoms with van der Waals surface area (Å²) in [6.45, 7) is 2.05. The molecule has 0 radical (unpaired) electrons. The van der Waals surface area contributed by atoms with Crippen molar-refractivity contribution >= 4 is 17.5 Å². The molecule has 1 aliphatic carbocycles. The van der Waals surface area contributed by atoms with Gasteiger partial charge in [-0.15, -0.1) is 11.8 Å². The maximum Gasteiger partial charge on any atom is 0.136 e. The van der Waals surface area contributed by atoms with Crippen LogP contribution in [0.15, 0.2) is 35.2 Å². The van der Waals surface area contributed by atoms with Gasteiger partial charge in [0.15, 0.2) is 0 Å². The molecule has 0 unspecified atom stereocenters. The Bertz CT molecular complexity index is 334. The lowest BCUT2D eigenvalue weighted by molar-refractivity contribution is -0.123. The highest BCUT2D eigenvalue weighted by Crippen LogP contribution is 2.33. The molecule has 1 fully saturated rings. The van der Waals surface area contributed by atoms with E-state index in [0.717, 1.165) is 12.8 Å². The quantitative estimate of drug-likeness (QED) is 0.758. The molecule has 2 heteroatoms. The first kappa shape index (κ1) is 10.7. The molecule has 0 N–H and O–H groups in total. The highest BCUT2D eigenvalue weighted by atomic mass is 32.2. The fourth-order valence-electron chi connectivity index (χ4n) is 1.92. The van der Waals surface area contributed by atoms with Gasteiger partial charge in [-0.2, -0.15) is 0 Å². The fraction of sp³-hybridized carbons (Fsp3) is 0.462. The molecule has 1 saturated carbocycles. The zero-order chi connectivity index (χ0) is 10.7. The molecule has 0 saturated heterocycles. The summed E-state index contributed by atoms with van der Waals surface area (Å²) in [5.41, 5.74) is 0. The fourth-order valence-corrected chi connectivity index (χ4v) is 3.12. The second-order valence-electron chi connectivity index (χ2n) is 4.20. The van der Waals surface area contributed by atoms with Crippen molar-refractivity contribution in [3.8, 4) is 0 Å². The average Bonchev–Trinajstić information content (AvgIpc) is 2.25. The van der Waals surface area contributed by atoms with E-state index in [1.165, 1.54) is 11.3 Å². The molecule has 0 spiro atoms. The first-order chi connectivity index (χ1) is 7.25. The van der Waals surface area contributed by atoms with Crippen LogP contribution >= 0.6 is 11.8 Å². The van der Waals surface area contributed by atoms with Crippen molar-refractivity contribution in [3.63, 3.8) is 0 Å². The predicted molar refractivity (Wildman–Crippen MR) is 64.1 cm³/mol. The Labute approximate surface area is 95.3 Å². The van der Waals surface area contributed by atoms with Crippen LogP contribution in [0.5, 0.6) is 0 Å². The third-order valence-corrected chi connectivity index (χ3v) is 4.23. The summed E-state index contributed by atoms with van der Waals surface area (Å²) in [4.78, 5) is 12.9. The number of rotatable bonds is 2. The largest absolute Gasteiger partial charge is 0.299 e. The Morgan fingerprint density at radius 3 is 2.60 bits per heavy atom. The van der Waals surface area contributed by atoms with Gasteiger partial charge in [-0.3, -0.25) is 4.79 Å². The lowest BCUT2D eigenvalue weighted by atomic mass is 9.89. The molecule has 2 atom stereocenters. The van der Waals surface area contributed by atoms with Crippen molar-refractivity contribution < 1.29 is 4.79 Å². The van der Waals surface area contributed by atoms with Gasteiger partial charge in [-0.05, 0) is 25.0 Å². The minimum absolute atomic E-state index is 0.289. The van der Waals surface area contributed by atoms with Crippen molar-refractivity contribution in [2.24, 2.45) is 5.92 Å². The Morgan fingerprint density at radius 2 is 1.93 bits per heavy atom. The Kier molecular flexibility index (Phi) is 3.47. The number of hydrogen-bond acceptors (Lipinski definition) is 2. The number of benzene rings is 1. The van der Waals surface area contributed by atoms with Crippen LogP contribution in [-0.4, -0.2) is 11.0 Å². The Morgan fingerprint density at radius 1 is 1.20 bits per heavy atom. The third-order valence-electron chi connectivity index (χ3n) is 2.95. The van der Waals surface area contributed by atoms with Crippen LogP contribution in [-0.2, 0) is 4.79 Å². The molecule has 0 aliphatic heterocycles. The van der Waals surface area contributed by atoms with Crippen LogP contribution in [0.25, 0.3) is 0 Å². The summed E-state index contributed by atoms with van der Waals surface area (Å²) in [6.07, 6.45) is 2.98. The Balaban J connectivity index is 1.94. The minimum Gasteiger partial charge on any atom is -0.299 e. The normalized spacial score (nSPS) is 26.6. The number of ketones is 1. The number of carbonyl (C=O) groups is 1. The summed E-state index contributed by atoms with van der Waals surface area (Å²) in [5.74, 6) is 0.729. The summed E-state index contributed by atoms with van der Waals surface area (Å²) < 4.78 is 0. The summed E-state index contributed by atoms with van der Waals surface area (Å²) >= 11 is 1.85. The van der Waals surface area contributed by atoms with Gasteiger partial charge < -0.3 is 0 Å². The van der Waals surface area contributed by atoms with Crippen LogP contribution in [0.3, 0.4) is 0 Å². The lowest BCUT2D eigenvalue weighted by Crippen LogP contribution is -2.24. The van der Waals surface area contributed by atoms with Crippen LogP contribution in [0.2, 0.25) is 0 Å². The van der Waals surface area contributed by atoms with Gasteiger partial charge in [-0.1, -0.05) is 25.1 Å². The van der Waals surface area contributed by atoms with Gasteiger partial charge in [-0.25, -0.2) is 0 Å². The van der Waals surface area contributed by atoms with Crippen LogP contribution in [0.4, 0.5) is 0 Å². The van der Waals surface area contributed by atoms with Crippen molar-refractivity contribution in [3.05, 3.63) is 30.3 Å². The molecule has 0 bridgehead atoms. The van der Waals surface area contributed by atoms with Gasteiger partial charge in [0, 0.05) is 22.5 Å². The predicted octanol–water partition coefficient (Wildman–Crippen LogP) is 3.54. The van der Waals surface area contributed by atoms with E-state index >= 15 is 0 Å². The van der Waals surface area contributed by atoms with E-state index in [4.69, 9.17) is 0 Å². The third kappa shape index (κ3) is 2.85. The van der Waals surface area contributed by atoms with Gasteiger partial charge in [0.05, 0.1) is 0 Å². The van der Waals surface area contributed by atoms with E-state index in [1.54, 1.807) is 0 Å². The van der Waals surface area contributed by atoms with Crippen LogP contribution in [0, 0.1) is 5.92 Å². The second kappa shape index (κ2) is 4.84. The average molecular weight is 220 g/mol. The second-order valence-corrected chi connectivity index (χ2v) is 5.58. The molecular weight excluding hydrogens is 204 g/mol. The molecule has 1 nitrogen and oxygen atoms in total. The molecular formula is C13H16OS. The molecule has 15 heavy (non-hydrogen) atoms. The molecule has 1 aliphatic rings. The van der Waals surface area contributed by atoms with E-state index in [9.17, 15) is 4.79 Å². The van der Waals surface area contributed by atoms with E-state index in [1.807, 2.05) is 24.8 Å². The lowest BCUT2D eigenvalue weighted by Gasteiger charge is -2.24. The number of carbonyl (C=O) groups excluding carboxylic acids is 1. The van der Waals surface area contributed by atoms with E-state index in [2.05, 4.69) is 24.3 Å². The van der Waals surface area contributed by atoms with Crippen LogP contribution < -0.4 is 0 Å². The molecule has 0 amide bonds. The Hall–Kier alpha value is -0.760. The first-order valence-corrected chi connectivity index (χ1v) is 6.38. The van der Waals surface area contributed by atoms with Crippen molar-refractivity contribution in [2.45, 2.75) is 36.3 Å². The van der Waals surface area contributed by atoms with Gasteiger partial charge in [0.25, 0.3) is 0 Å². The zero-order valence-corrected chi connectivity index (χ0v) is 9.80. The zero-order valence-electron chi connectivity index (χ0n) is 8.98. The molecule has 80 valence electrons. The molecule has 1 aromatic carbocycles. The maximum atomic E-state index is 11.6. The topological polar surface area (TPSA) is 17.1 Å². The van der Waals surface area contributed by atoms with Crippen molar-refractivity contribution in [1.29, 1.82) is 0 Å². The van der Waals surface area contributed by atoms with Crippen molar-refractivity contribution in [2.75, 3.05) is 0 Å². The monoisotopic (exact) mass is 220 g/mol. The van der Waals surface area contributed by atoms with Crippen molar-refractivity contribution in [1.82, 2.24) is 0 Å². The number of thioether (sulfide) groups is 1. The first-order valence-electron chi connectivity index (χ1n) is 5.50. The smallest absolute Gasteiger partial charge is 0.136 e. The number of hydrogen-bond donors (Lipinski definition) is 0. The summed E-state index contributed by atoms with van der Waals surface area (Å²) in [5, 5.41) is 0.496. The maximum absolute atomic E-state index is 11.6. The summed E-state index contributed by atoms with van der Waals surface area (Å²) in [6, 6.07) is 10.4. The highest BCUT2D eigenvalue weighted by Gasteiger charge is 2.25. The molecule has 1 aromatic rings. The minimum atomic E-state index is 0.289. The summed E-state index contributed by atoms with van der Waals surface area (Å²) in [7, 11) is 0. The SMILES string of the molecule is C[C@@H]1CC[C@H](Sc2ccccc2)CC1=O. The van der Waals surface area contributed by atoms with E-state index in [0.29, 0.717) is 11.0 Å². The molecule has 0 heterocycles. The van der Waals surface area contributed by atoms with E-state index in [-0.39, 0.29) is 5.92 Å². The molecule has 0 aromatic heterocycles. The molecule has 2 rings (SSSR count). The van der Waals surface area contributed by atoms with E-state index < -0.39 is 0 Å². The van der Waals surface area contributed by atoms with Crippen LogP contribution in [0.1, 0.15) is 26.2 Å². The highest BCUT2D eigenvalue weighted by molar-refractivity contribution is 8.00.